The Hall–Kier alpha value is -6.79. The highest BCUT2D eigenvalue weighted by molar-refractivity contribution is 7.92. The zero-order chi connectivity index (χ0) is 49.1. The van der Waals surface area contributed by atoms with E-state index >= 15 is 0 Å². The van der Waals surface area contributed by atoms with E-state index in [1.54, 1.807) is 26.2 Å². The summed E-state index contributed by atoms with van der Waals surface area (Å²) in [6.45, 7) is 7.99. The van der Waals surface area contributed by atoms with Gasteiger partial charge < -0.3 is 24.2 Å². The molecule has 2 amide bonds. The summed E-state index contributed by atoms with van der Waals surface area (Å²) >= 11 is 0. The van der Waals surface area contributed by atoms with Gasteiger partial charge in [0.1, 0.15) is 23.2 Å². The van der Waals surface area contributed by atoms with E-state index in [0.717, 1.165) is 65.3 Å². The van der Waals surface area contributed by atoms with E-state index in [1.165, 1.54) is 28.1 Å². The number of nitrogens with one attached hydrogen (secondary N) is 2. The Morgan fingerprint density at radius 1 is 0.706 bits per heavy atom. The number of hydrogen-bond donors (Lipinski definition) is 2. The third-order valence-electron chi connectivity index (χ3n) is 11.7. The van der Waals surface area contributed by atoms with E-state index in [1.807, 2.05) is 74.5 Å². The predicted octanol–water partition coefficient (Wildman–Crippen LogP) is 8.31. The average Bonchev–Trinajstić information content (AvgIpc) is 4.26. The second-order valence-electron chi connectivity index (χ2n) is 17.0. The third-order valence-corrected chi connectivity index (χ3v) is 14.0. The maximum Gasteiger partial charge on any atom is 0.330 e. The number of aryl methyl sites for hydroxylation is 2. The molecule has 68 heavy (non-hydrogen) atoms. The third kappa shape index (κ3) is 10.8. The second-order valence-corrected chi connectivity index (χ2v) is 20.8. The number of rotatable bonds is 17. The van der Waals surface area contributed by atoms with Crippen molar-refractivity contribution < 1.29 is 44.8 Å². The van der Waals surface area contributed by atoms with Crippen molar-refractivity contribution in [2.75, 3.05) is 55.4 Å². The highest BCUT2D eigenvalue weighted by atomic mass is 32.2. The Labute approximate surface area is 396 Å². The van der Waals surface area contributed by atoms with Crippen LogP contribution in [0.2, 0.25) is 0 Å². The number of benzene rings is 2. The monoisotopic (exact) mass is 964 g/mol. The van der Waals surface area contributed by atoms with Gasteiger partial charge in [0.05, 0.1) is 41.5 Å². The standard InChI is InChI=1S/C26H29N3O6S.C24H27N3O4S/c1-16-8-10-18(11-9-16)23-22(25(31)27-2)20-15-19(17-12-13-17)24(28-26(20)35-23)29(36(4,32)33)14-6-5-7-21(30)34-3;1-5-6-13-27(32(4,29)30)22-18(16-11-12-16)14-19-20(23(28)25-3)21(31-24(19)26-22)17-9-7-15(2)8-10-17/h5,7-11,15,17H,6,12-14H2,1-4H3,(H,27,31);5,7-10,14,16H,1,6,11-13H2,2-4H3,(H,25,28)/b7-5+;. The van der Waals surface area contributed by atoms with Crippen LogP contribution in [-0.4, -0.2) is 91.4 Å². The molecule has 4 heterocycles. The Morgan fingerprint density at radius 2 is 1.10 bits per heavy atom. The molecule has 0 aliphatic heterocycles. The second kappa shape index (κ2) is 20.2. The fourth-order valence-corrected chi connectivity index (χ4v) is 9.67. The molecule has 358 valence electrons. The molecule has 0 radical (unpaired) electrons. The number of carbonyl (C=O) groups excluding carboxylic acids is 3. The van der Waals surface area contributed by atoms with Crippen molar-refractivity contribution in [2.45, 2.75) is 64.2 Å². The highest BCUT2D eigenvalue weighted by Crippen LogP contribution is 2.48. The van der Waals surface area contributed by atoms with Crippen molar-refractivity contribution >= 4 is 71.7 Å². The zero-order valence-electron chi connectivity index (χ0n) is 39.2. The van der Waals surface area contributed by atoms with Gasteiger partial charge >= 0.3 is 5.97 Å². The molecule has 4 aromatic heterocycles. The average molecular weight is 965 g/mol. The molecule has 6 aromatic rings. The van der Waals surface area contributed by atoms with Crippen LogP contribution in [-0.2, 0) is 29.6 Å². The molecule has 2 fully saturated rings. The minimum atomic E-state index is -3.70. The number of carbonyl (C=O) groups is 3. The molecule has 18 heteroatoms. The van der Waals surface area contributed by atoms with Crippen molar-refractivity contribution in [3.05, 3.63) is 119 Å². The summed E-state index contributed by atoms with van der Waals surface area (Å²) in [5.41, 5.74) is 6.42. The van der Waals surface area contributed by atoms with Crippen LogP contribution in [0.15, 0.2) is 94.3 Å². The summed E-state index contributed by atoms with van der Waals surface area (Å²) in [7, 11) is -2.87. The maximum absolute atomic E-state index is 12.9. The van der Waals surface area contributed by atoms with Gasteiger partial charge in [-0.05, 0) is 87.5 Å². The molecule has 2 aliphatic carbocycles. The topological polar surface area (TPSA) is 211 Å². The normalized spacial score (nSPS) is 13.8. The van der Waals surface area contributed by atoms with Crippen molar-refractivity contribution in [1.29, 1.82) is 0 Å². The number of sulfonamides is 2. The first kappa shape index (κ1) is 49.1. The lowest BCUT2D eigenvalue weighted by atomic mass is 10.0. The van der Waals surface area contributed by atoms with Crippen LogP contribution < -0.4 is 19.2 Å². The van der Waals surface area contributed by atoms with Gasteiger partial charge in [0, 0.05) is 44.4 Å². The molecule has 0 spiro atoms. The lowest BCUT2D eigenvalue weighted by Gasteiger charge is -2.23. The molecule has 2 aromatic carbocycles. The number of ether oxygens (including phenoxy) is 1. The molecule has 0 atom stereocenters. The lowest BCUT2D eigenvalue weighted by Crippen LogP contribution is -2.32. The summed E-state index contributed by atoms with van der Waals surface area (Å²) in [5, 5.41) is 6.49. The van der Waals surface area contributed by atoms with Crippen molar-refractivity contribution in [1.82, 2.24) is 20.6 Å². The number of methoxy groups -OCH3 is 1. The number of hydrogen-bond acceptors (Lipinski definition) is 12. The number of amides is 2. The zero-order valence-corrected chi connectivity index (χ0v) is 40.8. The SMILES string of the molecule is C=CCCN(c1nc2oc(-c3ccc(C)cc3)c(C(=O)NC)c2cc1C1CC1)S(C)(=O)=O.CNC(=O)c1c(-c2ccc(C)cc2)oc2nc(N(CC/C=C/C(=O)OC)S(C)(=O)=O)c(C3CC3)cc12. The number of esters is 1. The number of fused-ring (bicyclic) bond motifs is 2. The lowest BCUT2D eigenvalue weighted by molar-refractivity contribution is -0.134. The summed E-state index contributed by atoms with van der Waals surface area (Å²) in [4.78, 5) is 46.5. The van der Waals surface area contributed by atoms with Crippen LogP contribution in [0.5, 0.6) is 0 Å². The van der Waals surface area contributed by atoms with Crippen molar-refractivity contribution in [2.24, 2.45) is 0 Å². The molecule has 2 saturated carbocycles. The van der Waals surface area contributed by atoms with Crippen molar-refractivity contribution in [3.8, 4) is 22.6 Å². The van der Waals surface area contributed by atoms with E-state index < -0.39 is 26.0 Å². The molecule has 0 bridgehead atoms. The Morgan fingerprint density at radius 3 is 1.44 bits per heavy atom. The molecule has 16 nitrogen and oxygen atoms in total. The number of anilines is 2. The van der Waals surface area contributed by atoms with Crippen molar-refractivity contribution in [3.63, 3.8) is 0 Å². The maximum atomic E-state index is 12.9. The van der Waals surface area contributed by atoms with Gasteiger partial charge in [-0.3, -0.25) is 18.2 Å². The van der Waals surface area contributed by atoms with Gasteiger partial charge in [0.25, 0.3) is 11.8 Å². The van der Waals surface area contributed by atoms with Gasteiger partial charge in [0.2, 0.25) is 31.5 Å². The summed E-state index contributed by atoms with van der Waals surface area (Å²) in [6, 6.07) is 19.0. The largest absolute Gasteiger partial charge is 0.466 e. The van der Waals surface area contributed by atoms with Crippen LogP contribution in [0.25, 0.3) is 44.8 Å². The van der Waals surface area contributed by atoms with Gasteiger partial charge in [-0.15, -0.1) is 6.58 Å². The van der Waals surface area contributed by atoms with Crippen LogP contribution in [0.4, 0.5) is 11.6 Å². The molecular formula is C50H56N6O10S2. The molecule has 8 rings (SSSR count). The molecule has 2 aliphatic rings. The minimum Gasteiger partial charge on any atom is -0.466 e. The van der Waals surface area contributed by atoms with E-state index in [-0.39, 0.29) is 60.4 Å². The van der Waals surface area contributed by atoms with E-state index in [9.17, 15) is 31.2 Å². The van der Waals surface area contributed by atoms with Gasteiger partial charge in [-0.2, -0.15) is 9.97 Å². The quantitative estimate of drug-likeness (QED) is 0.0502. The van der Waals surface area contributed by atoms with Crippen LogP contribution in [0.3, 0.4) is 0 Å². The fraction of sp³-hybridized carbons (Fsp3) is 0.340. The van der Waals surface area contributed by atoms with Crippen LogP contribution in [0.1, 0.15) is 93.3 Å². The summed E-state index contributed by atoms with van der Waals surface area (Å²) in [5.74, 6) is 0.706. The van der Waals surface area contributed by atoms with E-state index in [4.69, 9.17) is 8.83 Å². The van der Waals surface area contributed by atoms with Crippen LogP contribution in [0, 0.1) is 13.8 Å². The Kier molecular flexibility index (Phi) is 14.6. The van der Waals surface area contributed by atoms with E-state index in [0.29, 0.717) is 45.7 Å². The smallest absolute Gasteiger partial charge is 0.330 e. The minimum absolute atomic E-state index is 0.0817. The first-order valence-electron chi connectivity index (χ1n) is 22.2. The molecule has 2 N–H and O–H groups in total. The Bertz CT molecular complexity index is 3150. The predicted molar refractivity (Wildman–Crippen MR) is 264 cm³/mol. The Balaban J connectivity index is 0.000000203. The van der Waals surface area contributed by atoms with Gasteiger partial charge in [-0.25, -0.2) is 21.6 Å². The van der Waals surface area contributed by atoms with Crippen LogP contribution >= 0.6 is 0 Å². The molecular weight excluding hydrogens is 909 g/mol. The number of nitrogens with zero attached hydrogens (tertiary/aromatic N) is 4. The number of pyridine rings is 2. The molecule has 0 saturated heterocycles. The highest BCUT2D eigenvalue weighted by Gasteiger charge is 2.36. The number of aromatic nitrogens is 2. The summed E-state index contributed by atoms with van der Waals surface area (Å²) < 4.78 is 70.2. The number of furan rings is 2. The molecule has 0 unspecified atom stereocenters. The first-order chi connectivity index (χ1) is 32.4. The van der Waals surface area contributed by atoms with Gasteiger partial charge in [-0.1, -0.05) is 71.8 Å². The summed E-state index contributed by atoms with van der Waals surface area (Å²) in [6.07, 6.45) is 11.3. The first-order valence-corrected chi connectivity index (χ1v) is 25.9. The fourth-order valence-electron chi connectivity index (χ4n) is 7.87. The van der Waals surface area contributed by atoms with E-state index in [2.05, 4.69) is 31.9 Å². The van der Waals surface area contributed by atoms with Gasteiger partial charge in [0.15, 0.2) is 0 Å².